The molecule has 14 heavy (non-hydrogen) atoms. The summed E-state index contributed by atoms with van der Waals surface area (Å²) in [5.74, 6) is 0. The van der Waals surface area contributed by atoms with Gasteiger partial charge in [0, 0.05) is 0 Å². The second-order valence-corrected chi connectivity index (χ2v) is 2.68. The first-order chi connectivity index (χ1) is 4.00. The molecule has 0 aliphatic heterocycles. The quantitative estimate of drug-likeness (QED) is 0.306. The minimum absolute atomic E-state index is 0. The molecule has 0 aromatic rings. The van der Waals surface area contributed by atoms with Crippen molar-refractivity contribution < 1.29 is 49.4 Å². The summed E-state index contributed by atoms with van der Waals surface area (Å²) in [5, 5.41) is 0. The maximum absolute atomic E-state index is 8.55. The average molecular weight is 306 g/mol. The van der Waals surface area contributed by atoms with Crippen LogP contribution in [0, 0.1) is 0 Å². The molecule has 80 valence electrons. The van der Waals surface area contributed by atoms with E-state index in [0.717, 1.165) is 0 Å². The van der Waals surface area contributed by atoms with Gasteiger partial charge in [-0.1, -0.05) is 0 Å². The van der Waals surface area contributed by atoms with Gasteiger partial charge in [-0.25, -0.2) is 0 Å². The fraction of sp³-hybridized carbons (Fsp3) is 0. The van der Waals surface area contributed by atoms with Gasteiger partial charge in [0.1, 0.15) is 0 Å². The van der Waals surface area contributed by atoms with Gasteiger partial charge in [0.05, 0.1) is 0 Å². The fourth-order valence-corrected chi connectivity index (χ4v) is 0. The Kier molecular flexibility index (Phi) is 40.2. The van der Waals surface area contributed by atoms with Crippen LogP contribution >= 0.6 is 15.6 Å². The Hall–Kier alpha value is 2.66. The van der Waals surface area contributed by atoms with E-state index in [1.54, 1.807) is 0 Å². The molecule has 0 aliphatic carbocycles. The molecule has 0 saturated heterocycles. The molecular weight excluding hydrogens is 302 g/mol. The van der Waals surface area contributed by atoms with E-state index in [2.05, 4.69) is 0 Å². The summed E-state index contributed by atoms with van der Waals surface area (Å²) >= 11 is 0. The normalized spacial score (nSPS) is 8.43. The van der Waals surface area contributed by atoms with Crippen LogP contribution in [0.2, 0.25) is 0 Å². The predicted molar refractivity (Wildman–Crippen MR) is 33.9 cm³/mol. The monoisotopic (exact) mass is 306 g/mol. The standard InChI is InChI=1S/2Ca.2H3O4P.2H2O/c;;2*1-5(2,3)4;;/h;;2*(H3,1,2,3,4);2*1H2/q2*+2;;;;/p-6. The van der Waals surface area contributed by atoms with Gasteiger partial charge in [-0.3, -0.25) is 0 Å². The fourth-order valence-electron chi connectivity index (χ4n) is 0. The van der Waals surface area contributed by atoms with Crippen molar-refractivity contribution in [3.05, 3.63) is 0 Å². The van der Waals surface area contributed by atoms with Crippen molar-refractivity contribution >= 4 is 91.1 Å². The van der Waals surface area contributed by atoms with Crippen LogP contribution in [0.15, 0.2) is 0 Å². The van der Waals surface area contributed by atoms with Gasteiger partial charge in [0.15, 0.2) is 0 Å². The summed E-state index contributed by atoms with van der Waals surface area (Å²) in [6.07, 6.45) is 0. The molecule has 0 heterocycles. The van der Waals surface area contributed by atoms with Crippen LogP contribution < -0.4 is 29.4 Å². The van der Waals surface area contributed by atoms with Crippen molar-refractivity contribution in [1.82, 2.24) is 0 Å². The molecule has 0 amide bonds. The minimum Gasteiger partial charge on any atom is -0.822 e. The minimum atomic E-state index is -5.39. The molecule has 0 bridgehead atoms. The van der Waals surface area contributed by atoms with Gasteiger partial charge in [0.25, 0.3) is 0 Å². The number of rotatable bonds is 0. The van der Waals surface area contributed by atoms with Crippen molar-refractivity contribution in [3.63, 3.8) is 0 Å². The summed E-state index contributed by atoms with van der Waals surface area (Å²) in [7, 11) is -10.8. The molecule has 0 atom stereocenters. The SMILES string of the molecule is O.O.O=P([O-])([O-])[O-].O=P([O-])([O-])[O-].[Ca+2].[Ca+2]. The summed E-state index contributed by atoms with van der Waals surface area (Å²) in [4.78, 5) is 51.3. The van der Waals surface area contributed by atoms with E-state index >= 15 is 0 Å². The Labute approximate surface area is 138 Å². The first-order valence-electron chi connectivity index (χ1n) is 1.46. The van der Waals surface area contributed by atoms with E-state index in [4.69, 9.17) is 38.5 Å². The molecule has 0 radical (unpaired) electrons. The van der Waals surface area contributed by atoms with Crippen LogP contribution in [0.4, 0.5) is 0 Å². The number of phosphoric acid groups is 2. The molecule has 14 heteroatoms. The van der Waals surface area contributed by atoms with E-state index in [9.17, 15) is 0 Å². The first kappa shape index (κ1) is 36.0. The van der Waals surface area contributed by atoms with Crippen LogP contribution in [0.5, 0.6) is 0 Å². The topological polar surface area (TPSA) is 236 Å². The van der Waals surface area contributed by atoms with E-state index in [0.29, 0.717) is 0 Å². The summed E-state index contributed by atoms with van der Waals surface area (Å²) < 4.78 is 17.1. The smallest absolute Gasteiger partial charge is 0.822 e. The van der Waals surface area contributed by atoms with Crippen molar-refractivity contribution in [1.29, 1.82) is 0 Å². The van der Waals surface area contributed by atoms with Crippen molar-refractivity contribution in [2.24, 2.45) is 0 Å². The van der Waals surface area contributed by atoms with Gasteiger partial charge in [-0.05, 0) is 0 Å². The third-order valence-electron chi connectivity index (χ3n) is 0. The summed E-state index contributed by atoms with van der Waals surface area (Å²) in [5.41, 5.74) is 0. The van der Waals surface area contributed by atoms with Crippen LogP contribution in [0.3, 0.4) is 0 Å². The zero-order valence-electron chi connectivity index (χ0n) is 6.57. The summed E-state index contributed by atoms with van der Waals surface area (Å²) in [6.45, 7) is 0. The van der Waals surface area contributed by atoms with Crippen molar-refractivity contribution in [3.8, 4) is 0 Å². The summed E-state index contributed by atoms with van der Waals surface area (Å²) in [6, 6.07) is 0. The van der Waals surface area contributed by atoms with Crippen molar-refractivity contribution in [2.45, 2.75) is 0 Å². The molecule has 0 aromatic carbocycles. The molecule has 0 aliphatic rings. The maximum Gasteiger partial charge on any atom is 2.00 e. The molecule has 0 saturated carbocycles. The van der Waals surface area contributed by atoms with Crippen LogP contribution in [-0.4, -0.2) is 86.4 Å². The Bertz CT molecular complexity index is 128. The average Bonchev–Trinajstić information content (AvgIpc) is 1.12. The van der Waals surface area contributed by atoms with Gasteiger partial charge in [0.2, 0.25) is 0 Å². The van der Waals surface area contributed by atoms with Gasteiger partial charge in [-0.2, -0.15) is 15.6 Å². The number of hydrogen-bond donors (Lipinski definition) is 0. The third kappa shape index (κ3) is 387. The molecule has 0 aromatic heterocycles. The van der Waals surface area contributed by atoms with Crippen LogP contribution in [0.25, 0.3) is 0 Å². The molecule has 0 rings (SSSR count). The zero-order chi connectivity index (χ0) is 9.00. The molecule has 10 nitrogen and oxygen atoms in total. The Balaban J connectivity index is -0.0000000178. The second kappa shape index (κ2) is 15.7. The number of hydrogen-bond acceptors (Lipinski definition) is 8. The molecule has 0 unspecified atom stereocenters. The van der Waals surface area contributed by atoms with E-state index in [1.807, 2.05) is 0 Å². The molecule has 4 N–H and O–H groups in total. The maximum atomic E-state index is 8.55. The van der Waals surface area contributed by atoms with E-state index in [1.165, 1.54) is 0 Å². The molecule has 0 fully saturated rings. The van der Waals surface area contributed by atoms with Crippen LogP contribution in [0.1, 0.15) is 0 Å². The van der Waals surface area contributed by atoms with E-state index in [-0.39, 0.29) is 86.4 Å². The van der Waals surface area contributed by atoms with Gasteiger partial charge >= 0.3 is 75.5 Å². The van der Waals surface area contributed by atoms with Crippen LogP contribution in [-0.2, 0) is 9.13 Å². The Morgan fingerprint density at radius 1 is 0.571 bits per heavy atom. The largest absolute Gasteiger partial charge is 2.00 e. The zero-order valence-corrected chi connectivity index (χ0v) is 12.8. The Morgan fingerprint density at radius 3 is 0.571 bits per heavy atom. The van der Waals surface area contributed by atoms with Gasteiger partial charge in [-0.15, -0.1) is 0 Å². The predicted octanol–water partition coefficient (Wildman–Crippen LogP) is -8.06. The van der Waals surface area contributed by atoms with E-state index < -0.39 is 15.6 Å². The second-order valence-electron chi connectivity index (χ2n) is 0.894. The Morgan fingerprint density at radius 2 is 0.571 bits per heavy atom. The van der Waals surface area contributed by atoms with Gasteiger partial charge < -0.3 is 49.4 Å². The molecular formula is H4Ca2O10P2-2. The third-order valence-corrected chi connectivity index (χ3v) is 0. The van der Waals surface area contributed by atoms with Crippen molar-refractivity contribution in [2.75, 3.05) is 0 Å². The first-order valence-corrected chi connectivity index (χ1v) is 4.38. The molecule has 0 spiro atoms.